The zero-order valence-electron chi connectivity index (χ0n) is 6.71. The smallest absolute Gasteiger partial charge is 0.318 e. The van der Waals surface area contributed by atoms with Crippen molar-refractivity contribution < 1.29 is 4.79 Å². The molecule has 1 unspecified atom stereocenters. The van der Waals surface area contributed by atoms with Gasteiger partial charge in [0.15, 0.2) is 0 Å². The van der Waals surface area contributed by atoms with Crippen molar-refractivity contribution >= 4 is 6.03 Å². The number of hydrazine groups is 1. The van der Waals surface area contributed by atoms with Crippen LogP contribution in [0.5, 0.6) is 0 Å². The van der Waals surface area contributed by atoms with Crippen LogP contribution in [0.2, 0.25) is 0 Å². The van der Waals surface area contributed by atoms with Gasteiger partial charge in [0, 0.05) is 30.9 Å². The number of amides is 2. The van der Waals surface area contributed by atoms with Gasteiger partial charge in [-0.05, 0) is 6.42 Å². The molecule has 4 N–H and O–H groups in total. The molecule has 5 nitrogen and oxygen atoms in total. The van der Waals surface area contributed by atoms with Gasteiger partial charge in [0.05, 0.1) is 0 Å². The van der Waals surface area contributed by atoms with E-state index in [0.29, 0.717) is 5.92 Å². The lowest BCUT2D eigenvalue weighted by atomic mass is 10.0. The molecule has 2 aliphatic heterocycles. The number of carbonyl (C=O) groups is 1. The van der Waals surface area contributed by atoms with Crippen molar-refractivity contribution in [3.8, 4) is 0 Å². The number of urea groups is 1. The third-order valence-corrected chi connectivity index (χ3v) is 2.32. The fourth-order valence-corrected chi connectivity index (χ4v) is 1.58. The minimum Gasteiger partial charge on any atom is -0.351 e. The van der Waals surface area contributed by atoms with E-state index < -0.39 is 0 Å². The molecule has 0 spiro atoms. The van der Waals surface area contributed by atoms with Gasteiger partial charge in [0.2, 0.25) is 0 Å². The summed E-state index contributed by atoms with van der Waals surface area (Å²) in [6, 6.07) is -0.380. The van der Waals surface area contributed by atoms with Crippen molar-refractivity contribution in [2.24, 2.45) is 11.7 Å². The van der Waals surface area contributed by atoms with E-state index in [4.69, 9.17) is 5.73 Å². The Kier molecular flexibility index (Phi) is 1.65. The maximum absolute atomic E-state index is 10.8. The summed E-state index contributed by atoms with van der Waals surface area (Å²) in [5, 5.41) is 0. The standard InChI is InChI=1S/C7H12N4O/c8-7(12)11-2-1-5-3-9-10-6(5)4-11/h4-5,9-10H,1-3H2,(H2,8,12). The van der Waals surface area contributed by atoms with Gasteiger partial charge in [-0.3, -0.25) is 4.90 Å². The highest BCUT2D eigenvalue weighted by Crippen LogP contribution is 2.21. The van der Waals surface area contributed by atoms with E-state index >= 15 is 0 Å². The van der Waals surface area contributed by atoms with Crippen LogP contribution >= 0.6 is 0 Å². The van der Waals surface area contributed by atoms with E-state index in [1.807, 2.05) is 0 Å². The molecule has 0 radical (unpaired) electrons. The minimum atomic E-state index is -0.380. The normalized spacial score (nSPS) is 27.5. The number of primary amides is 1. The summed E-state index contributed by atoms with van der Waals surface area (Å²) in [4.78, 5) is 12.3. The molecule has 2 heterocycles. The first kappa shape index (κ1) is 7.42. The Balaban J connectivity index is 2.14. The summed E-state index contributed by atoms with van der Waals surface area (Å²) in [6.45, 7) is 1.67. The predicted molar refractivity (Wildman–Crippen MR) is 43.6 cm³/mol. The zero-order chi connectivity index (χ0) is 8.55. The van der Waals surface area contributed by atoms with Gasteiger partial charge in [-0.15, -0.1) is 0 Å². The van der Waals surface area contributed by atoms with Crippen LogP contribution in [-0.2, 0) is 0 Å². The fourth-order valence-electron chi connectivity index (χ4n) is 1.58. The molecule has 0 aromatic carbocycles. The Hall–Kier alpha value is -1.23. The highest BCUT2D eigenvalue weighted by molar-refractivity contribution is 5.73. The number of nitrogens with two attached hydrogens (primary N) is 1. The second-order valence-corrected chi connectivity index (χ2v) is 3.11. The van der Waals surface area contributed by atoms with Crippen LogP contribution < -0.4 is 16.6 Å². The quantitative estimate of drug-likeness (QED) is 0.449. The summed E-state index contributed by atoms with van der Waals surface area (Å²) in [5.41, 5.74) is 12.2. The second-order valence-electron chi connectivity index (χ2n) is 3.11. The number of carbonyl (C=O) groups excluding carboxylic acids is 1. The molecule has 1 fully saturated rings. The van der Waals surface area contributed by atoms with Crippen molar-refractivity contribution in [2.75, 3.05) is 13.1 Å². The molecule has 5 heteroatoms. The first-order chi connectivity index (χ1) is 5.77. The Morgan fingerprint density at radius 1 is 1.75 bits per heavy atom. The molecule has 12 heavy (non-hydrogen) atoms. The van der Waals surface area contributed by atoms with Crippen LogP contribution in [0.3, 0.4) is 0 Å². The third kappa shape index (κ3) is 1.12. The summed E-state index contributed by atoms with van der Waals surface area (Å²) in [7, 11) is 0. The number of nitrogens with one attached hydrogen (secondary N) is 2. The molecule has 0 aromatic heterocycles. The van der Waals surface area contributed by atoms with Crippen LogP contribution in [0.25, 0.3) is 0 Å². The van der Waals surface area contributed by atoms with Crippen molar-refractivity contribution in [2.45, 2.75) is 6.42 Å². The van der Waals surface area contributed by atoms with Gasteiger partial charge in [0.25, 0.3) is 0 Å². The Morgan fingerprint density at radius 2 is 2.58 bits per heavy atom. The summed E-state index contributed by atoms with van der Waals surface area (Å²) >= 11 is 0. The maximum Gasteiger partial charge on any atom is 0.318 e. The molecular formula is C7H12N4O. The van der Waals surface area contributed by atoms with E-state index in [-0.39, 0.29) is 6.03 Å². The molecule has 66 valence electrons. The molecule has 2 rings (SSSR count). The van der Waals surface area contributed by atoms with Crippen LogP contribution in [0, 0.1) is 5.92 Å². The zero-order valence-corrected chi connectivity index (χ0v) is 6.71. The summed E-state index contributed by atoms with van der Waals surface area (Å²) < 4.78 is 0. The van der Waals surface area contributed by atoms with E-state index in [0.717, 1.165) is 25.2 Å². The first-order valence-corrected chi connectivity index (χ1v) is 4.04. The predicted octanol–water partition coefficient (Wildman–Crippen LogP) is -0.664. The van der Waals surface area contributed by atoms with Crippen LogP contribution in [0.15, 0.2) is 11.9 Å². The minimum absolute atomic E-state index is 0.380. The van der Waals surface area contributed by atoms with Gasteiger partial charge in [-0.2, -0.15) is 0 Å². The Morgan fingerprint density at radius 3 is 3.33 bits per heavy atom. The van der Waals surface area contributed by atoms with E-state index in [2.05, 4.69) is 10.9 Å². The SMILES string of the molecule is NC(=O)N1C=C2NNCC2CC1. The van der Waals surface area contributed by atoms with Gasteiger partial charge >= 0.3 is 6.03 Å². The third-order valence-electron chi connectivity index (χ3n) is 2.32. The van der Waals surface area contributed by atoms with Gasteiger partial charge in [-0.1, -0.05) is 0 Å². The first-order valence-electron chi connectivity index (χ1n) is 4.04. The van der Waals surface area contributed by atoms with E-state index in [1.165, 1.54) is 4.90 Å². The summed E-state index contributed by atoms with van der Waals surface area (Å²) in [6.07, 6.45) is 2.77. The number of hydrogen-bond acceptors (Lipinski definition) is 3. The number of hydrogen-bond donors (Lipinski definition) is 3. The van der Waals surface area contributed by atoms with Crippen LogP contribution in [0.1, 0.15) is 6.42 Å². The van der Waals surface area contributed by atoms with Gasteiger partial charge in [-0.25, -0.2) is 10.2 Å². The Bertz CT molecular complexity index is 238. The molecule has 0 aromatic rings. The van der Waals surface area contributed by atoms with Crippen LogP contribution in [-0.4, -0.2) is 24.0 Å². The molecule has 2 amide bonds. The number of rotatable bonds is 0. The average molecular weight is 168 g/mol. The molecule has 0 bridgehead atoms. The summed E-state index contributed by atoms with van der Waals surface area (Å²) in [5.74, 6) is 0.528. The van der Waals surface area contributed by atoms with Gasteiger partial charge < -0.3 is 11.2 Å². The fraction of sp³-hybridized carbons (Fsp3) is 0.571. The van der Waals surface area contributed by atoms with Gasteiger partial charge in [0.1, 0.15) is 0 Å². The topological polar surface area (TPSA) is 70.4 Å². The molecule has 0 saturated carbocycles. The highest BCUT2D eigenvalue weighted by Gasteiger charge is 2.26. The van der Waals surface area contributed by atoms with Crippen molar-refractivity contribution in [1.82, 2.24) is 15.8 Å². The maximum atomic E-state index is 10.8. The largest absolute Gasteiger partial charge is 0.351 e. The molecule has 0 aliphatic carbocycles. The Labute approximate surface area is 70.6 Å². The van der Waals surface area contributed by atoms with Crippen LogP contribution in [0.4, 0.5) is 4.79 Å². The molecule has 2 aliphatic rings. The van der Waals surface area contributed by atoms with E-state index in [9.17, 15) is 4.79 Å². The highest BCUT2D eigenvalue weighted by atomic mass is 16.2. The van der Waals surface area contributed by atoms with Crippen molar-refractivity contribution in [3.05, 3.63) is 11.9 Å². The second kappa shape index (κ2) is 2.67. The molecular weight excluding hydrogens is 156 g/mol. The monoisotopic (exact) mass is 168 g/mol. The average Bonchev–Trinajstić information content (AvgIpc) is 2.49. The van der Waals surface area contributed by atoms with Crippen molar-refractivity contribution in [1.29, 1.82) is 0 Å². The molecule has 1 atom stereocenters. The van der Waals surface area contributed by atoms with E-state index in [1.54, 1.807) is 6.20 Å². The lowest BCUT2D eigenvalue weighted by Crippen LogP contribution is -2.37. The number of fused-ring (bicyclic) bond motifs is 1. The lowest BCUT2D eigenvalue weighted by Gasteiger charge is -2.24. The lowest BCUT2D eigenvalue weighted by molar-refractivity contribution is 0.219. The number of nitrogens with zero attached hydrogens (tertiary/aromatic N) is 1. The molecule has 1 saturated heterocycles. The van der Waals surface area contributed by atoms with Crippen molar-refractivity contribution in [3.63, 3.8) is 0 Å².